The van der Waals surface area contributed by atoms with E-state index < -0.39 is 6.10 Å². The number of ether oxygens (including phenoxy) is 1. The largest absolute Gasteiger partial charge is 0.471 e. The minimum Gasteiger partial charge on any atom is -0.471 e. The summed E-state index contributed by atoms with van der Waals surface area (Å²) in [6.45, 7) is 1.93. The number of hydrogen-bond donors (Lipinski definition) is 0. The Kier molecular flexibility index (Phi) is 2.42. The molecule has 0 saturated heterocycles. The Hall–Kier alpha value is -2.20. The average Bonchev–Trinajstić information content (AvgIpc) is 2.33. The summed E-state index contributed by atoms with van der Waals surface area (Å²) in [7, 11) is 1.90. The fourth-order valence-corrected chi connectivity index (χ4v) is 1.75. The molecule has 4 nitrogen and oxygen atoms in total. The highest BCUT2D eigenvalue weighted by Crippen LogP contribution is 2.35. The molecule has 1 aliphatic rings. The van der Waals surface area contributed by atoms with Gasteiger partial charge in [-0.05, 0) is 25.1 Å². The van der Waals surface area contributed by atoms with Crippen molar-refractivity contribution < 1.29 is 4.74 Å². The van der Waals surface area contributed by atoms with Gasteiger partial charge in [0.2, 0.25) is 6.10 Å². The quantitative estimate of drug-likeness (QED) is 0.657. The van der Waals surface area contributed by atoms with Crippen LogP contribution >= 0.6 is 0 Å². The van der Waals surface area contributed by atoms with Crippen LogP contribution in [0.1, 0.15) is 12.5 Å². The highest BCUT2D eigenvalue weighted by Gasteiger charge is 2.30. The van der Waals surface area contributed by atoms with Gasteiger partial charge in [0.15, 0.2) is 0 Å². The van der Waals surface area contributed by atoms with Crippen molar-refractivity contribution >= 4 is 5.69 Å². The van der Waals surface area contributed by atoms with Crippen LogP contribution < -0.4 is 9.64 Å². The van der Waals surface area contributed by atoms with E-state index in [1.807, 2.05) is 18.9 Å². The van der Waals surface area contributed by atoms with Crippen LogP contribution in [0, 0.1) is 22.7 Å². The molecule has 0 aromatic heterocycles. The summed E-state index contributed by atoms with van der Waals surface area (Å²) in [5.74, 6) is 0.658. The van der Waals surface area contributed by atoms with E-state index >= 15 is 0 Å². The summed E-state index contributed by atoms with van der Waals surface area (Å²) >= 11 is 0. The minimum absolute atomic E-state index is 0.0218. The first-order valence-electron chi connectivity index (χ1n) is 5.00. The topological polar surface area (TPSA) is 60.0 Å². The van der Waals surface area contributed by atoms with Gasteiger partial charge in [-0.2, -0.15) is 10.5 Å². The maximum absolute atomic E-state index is 8.95. The number of nitrogens with zero attached hydrogens (tertiary/aromatic N) is 3. The van der Waals surface area contributed by atoms with Crippen LogP contribution in [0.25, 0.3) is 0 Å². The van der Waals surface area contributed by atoms with Crippen molar-refractivity contribution in [2.45, 2.75) is 19.1 Å². The van der Waals surface area contributed by atoms with Crippen LogP contribution in [-0.2, 0) is 0 Å². The number of anilines is 1. The zero-order valence-corrected chi connectivity index (χ0v) is 9.14. The lowest BCUT2D eigenvalue weighted by molar-refractivity contribution is 0.212. The van der Waals surface area contributed by atoms with E-state index in [0.29, 0.717) is 11.3 Å². The average molecular weight is 213 g/mol. The van der Waals surface area contributed by atoms with Crippen molar-refractivity contribution in [3.63, 3.8) is 0 Å². The Bertz CT molecular complexity index is 498. The highest BCUT2D eigenvalue weighted by molar-refractivity contribution is 5.63. The van der Waals surface area contributed by atoms with Crippen LogP contribution in [0.2, 0.25) is 0 Å². The Morgan fingerprint density at radius 2 is 2.12 bits per heavy atom. The first-order chi connectivity index (χ1) is 7.67. The van der Waals surface area contributed by atoms with Gasteiger partial charge in [-0.25, -0.2) is 0 Å². The van der Waals surface area contributed by atoms with Gasteiger partial charge in [0.05, 0.1) is 23.4 Å². The van der Waals surface area contributed by atoms with Gasteiger partial charge in [0.1, 0.15) is 11.8 Å². The summed E-state index contributed by atoms with van der Waals surface area (Å²) in [5, 5.41) is 17.8. The Morgan fingerprint density at radius 1 is 1.38 bits per heavy atom. The van der Waals surface area contributed by atoms with E-state index in [9.17, 15) is 0 Å². The molecule has 0 fully saturated rings. The van der Waals surface area contributed by atoms with Gasteiger partial charge in [0, 0.05) is 7.05 Å². The van der Waals surface area contributed by atoms with Crippen molar-refractivity contribution in [3.8, 4) is 17.9 Å². The predicted molar refractivity (Wildman–Crippen MR) is 59.1 cm³/mol. The summed E-state index contributed by atoms with van der Waals surface area (Å²) in [4.78, 5) is 1.97. The van der Waals surface area contributed by atoms with E-state index in [4.69, 9.17) is 15.3 Å². The van der Waals surface area contributed by atoms with Crippen molar-refractivity contribution in [2.24, 2.45) is 0 Å². The molecule has 1 aromatic rings. The number of hydrogen-bond acceptors (Lipinski definition) is 4. The van der Waals surface area contributed by atoms with Gasteiger partial charge in [0.25, 0.3) is 0 Å². The smallest absolute Gasteiger partial charge is 0.204 e. The minimum atomic E-state index is -0.467. The Balaban J connectivity index is 2.48. The monoisotopic (exact) mass is 213 g/mol. The predicted octanol–water partition coefficient (Wildman–Crippen LogP) is 1.67. The lowest BCUT2D eigenvalue weighted by Gasteiger charge is -2.36. The second-order valence-electron chi connectivity index (χ2n) is 3.81. The molecular weight excluding hydrogens is 202 g/mol. The fraction of sp³-hybridized carbons (Fsp3) is 0.333. The van der Waals surface area contributed by atoms with Gasteiger partial charge >= 0.3 is 0 Å². The van der Waals surface area contributed by atoms with Gasteiger partial charge < -0.3 is 9.64 Å². The first kappa shape index (κ1) is 10.3. The molecule has 0 amide bonds. The van der Waals surface area contributed by atoms with E-state index in [1.54, 1.807) is 18.2 Å². The molecule has 0 bridgehead atoms. The highest BCUT2D eigenvalue weighted by atomic mass is 16.5. The maximum atomic E-state index is 8.95. The molecule has 0 spiro atoms. The molecule has 2 atom stereocenters. The zero-order valence-electron chi connectivity index (χ0n) is 9.14. The van der Waals surface area contributed by atoms with E-state index in [-0.39, 0.29) is 6.04 Å². The standard InChI is InChI=1S/C12H11N3O/c1-8-12(7-14)16-11-4-3-9(6-13)5-10(11)15(8)2/h3-5,8,12H,1-2H3. The van der Waals surface area contributed by atoms with E-state index in [2.05, 4.69) is 12.1 Å². The van der Waals surface area contributed by atoms with Crippen LogP contribution in [-0.4, -0.2) is 19.2 Å². The molecule has 0 aliphatic carbocycles. The first-order valence-corrected chi connectivity index (χ1v) is 5.00. The third-order valence-electron chi connectivity index (χ3n) is 2.90. The third kappa shape index (κ3) is 1.45. The van der Waals surface area contributed by atoms with Gasteiger partial charge in [-0.3, -0.25) is 0 Å². The van der Waals surface area contributed by atoms with Crippen molar-refractivity contribution in [2.75, 3.05) is 11.9 Å². The van der Waals surface area contributed by atoms with E-state index in [0.717, 1.165) is 5.69 Å². The summed E-state index contributed by atoms with van der Waals surface area (Å²) in [6.07, 6.45) is -0.467. The number of fused-ring (bicyclic) bond motifs is 1. The number of nitriles is 2. The van der Waals surface area contributed by atoms with Crippen molar-refractivity contribution in [1.29, 1.82) is 10.5 Å². The second kappa shape index (κ2) is 3.75. The second-order valence-corrected chi connectivity index (χ2v) is 3.81. The number of likely N-dealkylation sites (N-methyl/N-ethyl adjacent to an activating group) is 1. The molecule has 0 N–H and O–H groups in total. The summed E-state index contributed by atoms with van der Waals surface area (Å²) in [6, 6.07) is 9.40. The van der Waals surface area contributed by atoms with Gasteiger partial charge in [-0.1, -0.05) is 0 Å². The Labute approximate surface area is 94.3 Å². The van der Waals surface area contributed by atoms with Gasteiger partial charge in [-0.15, -0.1) is 0 Å². The molecule has 1 aliphatic heterocycles. The molecule has 16 heavy (non-hydrogen) atoms. The van der Waals surface area contributed by atoms with Crippen LogP contribution in [0.5, 0.6) is 5.75 Å². The normalized spacial score (nSPS) is 22.6. The molecule has 2 rings (SSSR count). The Morgan fingerprint density at radius 3 is 2.75 bits per heavy atom. The maximum Gasteiger partial charge on any atom is 0.204 e. The molecule has 1 aromatic carbocycles. The lowest BCUT2D eigenvalue weighted by Crippen LogP contribution is -2.45. The number of benzene rings is 1. The molecule has 0 radical (unpaired) electrons. The van der Waals surface area contributed by atoms with Crippen molar-refractivity contribution in [1.82, 2.24) is 0 Å². The molecule has 80 valence electrons. The third-order valence-corrected chi connectivity index (χ3v) is 2.90. The van der Waals surface area contributed by atoms with Crippen LogP contribution in [0.15, 0.2) is 18.2 Å². The summed E-state index contributed by atoms with van der Waals surface area (Å²) in [5.41, 5.74) is 1.45. The fourth-order valence-electron chi connectivity index (χ4n) is 1.75. The van der Waals surface area contributed by atoms with E-state index in [1.165, 1.54) is 0 Å². The lowest BCUT2D eigenvalue weighted by atomic mass is 10.1. The molecule has 1 heterocycles. The zero-order chi connectivity index (χ0) is 11.7. The molecular formula is C12H11N3O. The molecule has 4 heteroatoms. The van der Waals surface area contributed by atoms with Crippen molar-refractivity contribution in [3.05, 3.63) is 23.8 Å². The van der Waals surface area contributed by atoms with Crippen LogP contribution in [0.4, 0.5) is 5.69 Å². The SMILES string of the molecule is CC1C(C#N)Oc2ccc(C#N)cc2N1C. The van der Waals surface area contributed by atoms with Crippen LogP contribution in [0.3, 0.4) is 0 Å². The molecule has 2 unspecified atom stereocenters. The number of rotatable bonds is 0. The molecule has 0 saturated carbocycles. The summed E-state index contributed by atoms with van der Waals surface area (Å²) < 4.78 is 5.55.